The second kappa shape index (κ2) is 4.41. The molecule has 3 nitrogen and oxygen atoms in total. The highest BCUT2D eigenvalue weighted by atomic mass is 19.1. The normalized spacial score (nSPS) is 23.9. The van der Waals surface area contributed by atoms with Gasteiger partial charge in [0.25, 0.3) is 0 Å². The molecule has 1 saturated heterocycles. The molecule has 17 heavy (non-hydrogen) atoms. The summed E-state index contributed by atoms with van der Waals surface area (Å²) in [5.41, 5.74) is -1.39. The van der Waals surface area contributed by atoms with E-state index in [1.807, 2.05) is 0 Å². The fourth-order valence-electron chi connectivity index (χ4n) is 2.03. The van der Waals surface area contributed by atoms with Crippen LogP contribution in [0.5, 0.6) is 0 Å². The van der Waals surface area contributed by atoms with E-state index in [4.69, 9.17) is 4.74 Å². The Labute approximate surface area is 97.0 Å². The Kier molecular flexibility index (Phi) is 3.11. The first-order valence-electron chi connectivity index (χ1n) is 5.29. The van der Waals surface area contributed by atoms with Crippen molar-refractivity contribution in [2.45, 2.75) is 12.8 Å². The van der Waals surface area contributed by atoms with Crippen molar-refractivity contribution in [2.75, 3.05) is 13.2 Å². The maximum Gasteiger partial charge on any atom is 0.312 e. The van der Waals surface area contributed by atoms with Crippen LogP contribution in [0.15, 0.2) is 18.2 Å². The van der Waals surface area contributed by atoms with Crippen molar-refractivity contribution in [2.24, 2.45) is 5.41 Å². The van der Waals surface area contributed by atoms with E-state index in [-0.39, 0.29) is 25.0 Å². The molecule has 0 spiro atoms. The van der Waals surface area contributed by atoms with Gasteiger partial charge in [-0.15, -0.1) is 0 Å². The molecule has 1 fully saturated rings. The Balaban J connectivity index is 2.33. The molecule has 0 aromatic heterocycles. The van der Waals surface area contributed by atoms with Gasteiger partial charge in [0.05, 0.1) is 12.0 Å². The molecule has 1 atom stereocenters. The Bertz CT molecular complexity index is 419. The van der Waals surface area contributed by atoms with Crippen molar-refractivity contribution < 1.29 is 23.4 Å². The number of benzene rings is 1. The van der Waals surface area contributed by atoms with Crippen LogP contribution in [0.25, 0.3) is 0 Å². The lowest BCUT2D eigenvalue weighted by Gasteiger charge is -2.22. The Hall–Kier alpha value is -1.49. The SMILES string of the molecule is O=C(O)C1(Cc2c(F)cccc2F)CCOC1. The van der Waals surface area contributed by atoms with Crippen molar-refractivity contribution in [3.8, 4) is 0 Å². The summed E-state index contributed by atoms with van der Waals surface area (Å²) in [7, 11) is 0. The first-order chi connectivity index (χ1) is 8.05. The summed E-state index contributed by atoms with van der Waals surface area (Å²) in [6, 6.07) is 3.51. The van der Waals surface area contributed by atoms with Gasteiger partial charge in [-0.3, -0.25) is 4.79 Å². The minimum absolute atomic E-state index is 0.00386. The average molecular weight is 242 g/mol. The summed E-state index contributed by atoms with van der Waals surface area (Å²) >= 11 is 0. The Morgan fingerprint density at radius 1 is 1.41 bits per heavy atom. The molecule has 0 amide bonds. The second-order valence-electron chi connectivity index (χ2n) is 4.27. The fraction of sp³-hybridized carbons (Fsp3) is 0.417. The zero-order valence-corrected chi connectivity index (χ0v) is 9.08. The number of carboxylic acids is 1. The average Bonchev–Trinajstić information content (AvgIpc) is 2.73. The molecule has 1 aliphatic heterocycles. The topological polar surface area (TPSA) is 46.5 Å². The van der Waals surface area contributed by atoms with Crippen LogP contribution in [0.4, 0.5) is 8.78 Å². The monoisotopic (exact) mass is 242 g/mol. The van der Waals surface area contributed by atoms with E-state index in [0.717, 1.165) is 12.1 Å². The van der Waals surface area contributed by atoms with Crippen molar-refractivity contribution in [1.29, 1.82) is 0 Å². The van der Waals surface area contributed by atoms with Gasteiger partial charge in [0.2, 0.25) is 0 Å². The van der Waals surface area contributed by atoms with Crippen LogP contribution in [0.3, 0.4) is 0 Å². The highest BCUT2D eigenvalue weighted by Gasteiger charge is 2.43. The van der Waals surface area contributed by atoms with Crippen LogP contribution >= 0.6 is 0 Å². The third-order valence-corrected chi connectivity index (χ3v) is 3.13. The number of aliphatic carboxylic acids is 1. The summed E-state index contributed by atoms with van der Waals surface area (Å²) in [6.45, 7) is 0.304. The van der Waals surface area contributed by atoms with E-state index in [0.29, 0.717) is 6.61 Å². The Morgan fingerprint density at radius 3 is 2.53 bits per heavy atom. The predicted octanol–water partition coefficient (Wildman–Crippen LogP) is 2.00. The number of rotatable bonds is 3. The molecule has 1 aromatic rings. The highest BCUT2D eigenvalue weighted by molar-refractivity contribution is 5.75. The van der Waals surface area contributed by atoms with Crippen LogP contribution in [0.1, 0.15) is 12.0 Å². The highest BCUT2D eigenvalue weighted by Crippen LogP contribution is 2.34. The van der Waals surface area contributed by atoms with E-state index >= 15 is 0 Å². The van der Waals surface area contributed by atoms with E-state index in [1.54, 1.807) is 0 Å². The van der Waals surface area contributed by atoms with Crippen molar-refractivity contribution in [3.63, 3.8) is 0 Å². The van der Waals surface area contributed by atoms with E-state index in [9.17, 15) is 18.7 Å². The summed E-state index contributed by atoms with van der Waals surface area (Å²) in [6.07, 6.45) is 0.0942. The van der Waals surface area contributed by atoms with Gasteiger partial charge in [0.15, 0.2) is 0 Å². The van der Waals surface area contributed by atoms with Crippen LogP contribution in [0, 0.1) is 17.0 Å². The summed E-state index contributed by atoms with van der Waals surface area (Å²) in [5, 5.41) is 9.18. The lowest BCUT2D eigenvalue weighted by atomic mass is 9.81. The second-order valence-corrected chi connectivity index (χ2v) is 4.27. The quantitative estimate of drug-likeness (QED) is 0.881. The van der Waals surface area contributed by atoms with Gasteiger partial charge in [0, 0.05) is 12.2 Å². The maximum absolute atomic E-state index is 13.5. The van der Waals surface area contributed by atoms with Crippen molar-refractivity contribution in [1.82, 2.24) is 0 Å². The largest absolute Gasteiger partial charge is 0.481 e. The van der Waals surface area contributed by atoms with Gasteiger partial charge >= 0.3 is 5.97 Å². The number of carbonyl (C=O) groups is 1. The van der Waals surface area contributed by atoms with Crippen LogP contribution in [-0.4, -0.2) is 24.3 Å². The lowest BCUT2D eigenvalue weighted by Crippen LogP contribution is -2.34. The zero-order chi connectivity index (χ0) is 12.5. The minimum Gasteiger partial charge on any atom is -0.481 e. The summed E-state index contributed by atoms with van der Waals surface area (Å²) in [5.74, 6) is -2.49. The zero-order valence-electron chi connectivity index (χ0n) is 9.08. The van der Waals surface area contributed by atoms with Gasteiger partial charge in [-0.25, -0.2) is 8.78 Å². The molecular formula is C12H12F2O3. The first-order valence-corrected chi connectivity index (χ1v) is 5.29. The molecule has 1 N–H and O–H groups in total. The number of carboxylic acid groups (broad SMARTS) is 1. The Morgan fingerprint density at radius 2 is 2.06 bits per heavy atom. The molecule has 0 bridgehead atoms. The fourth-order valence-corrected chi connectivity index (χ4v) is 2.03. The van der Waals surface area contributed by atoms with Crippen LogP contribution in [-0.2, 0) is 16.0 Å². The third-order valence-electron chi connectivity index (χ3n) is 3.13. The van der Waals surface area contributed by atoms with Crippen molar-refractivity contribution in [3.05, 3.63) is 35.4 Å². The van der Waals surface area contributed by atoms with Crippen LogP contribution in [0.2, 0.25) is 0 Å². The van der Waals surface area contributed by atoms with Gasteiger partial charge in [-0.1, -0.05) is 6.07 Å². The molecule has 0 radical (unpaired) electrons. The number of hydrogen-bond acceptors (Lipinski definition) is 2. The molecule has 1 aliphatic rings. The third kappa shape index (κ3) is 2.15. The molecule has 0 aliphatic carbocycles. The summed E-state index contributed by atoms with van der Waals surface area (Å²) < 4.78 is 32.0. The molecular weight excluding hydrogens is 230 g/mol. The van der Waals surface area contributed by atoms with Gasteiger partial charge in [0.1, 0.15) is 11.6 Å². The first kappa shape index (κ1) is 12.0. The molecule has 1 aromatic carbocycles. The molecule has 2 rings (SSSR count). The van der Waals surface area contributed by atoms with Gasteiger partial charge in [-0.05, 0) is 25.0 Å². The van der Waals surface area contributed by atoms with Gasteiger partial charge < -0.3 is 9.84 Å². The molecule has 5 heteroatoms. The smallest absolute Gasteiger partial charge is 0.312 e. The van der Waals surface area contributed by atoms with Crippen molar-refractivity contribution >= 4 is 5.97 Å². The predicted molar refractivity (Wildman–Crippen MR) is 55.6 cm³/mol. The number of ether oxygens (including phenoxy) is 1. The van der Waals surface area contributed by atoms with Gasteiger partial charge in [-0.2, -0.15) is 0 Å². The number of halogens is 2. The van der Waals surface area contributed by atoms with Crippen LogP contribution < -0.4 is 0 Å². The maximum atomic E-state index is 13.5. The molecule has 92 valence electrons. The molecule has 0 saturated carbocycles. The lowest BCUT2D eigenvalue weighted by molar-refractivity contribution is -0.148. The van der Waals surface area contributed by atoms with E-state index < -0.39 is 23.0 Å². The van der Waals surface area contributed by atoms with E-state index in [2.05, 4.69) is 0 Å². The minimum atomic E-state index is -1.21. The molecule has 1 unspecified atom stereocenters. The number of hydrogen-bond donors (Lipinski definition) is 1. The van der Waals surface area contributed by atoms with E-state index in [1.165, 1.54) is 6.07 Å². The molecule has 1 heterocycles. The summed E-state index contributed by atoms with van der Waals surface area (Å²) in [4.78, 5) is 11.2. The standard InChI is InChI=1S/C12H12F2O3/c13-9-2-1-3-10(14)8(9)6-12(11(15)16)4-5-17-7-12/h1-3H,4-7H2,(H,15,16).